The third kappa shape index (κ3) is 2.30. The molecule has 5 nitrogen and oxygen atoms in total. The first-order chi connectivity index (χ1) is 6.74. The van der Waals surface area contributed by atoms with Crippen LogP contribution in [-0.4, -0.2) is 15.2 Å². The highest BCUT2D eigenvalue weighted by Crippen LogP contribution is 2.20. The third-order valence-electron chi connectivity index (χ3n) is 1.48. The molecule has 0 aliphatic rings. The van der Waals surface area contributed by atoms with Crippen molar-refractivity contribution < 1.29 is 4.42 Å². The molecule has 0 unspecified atom stereocenters. The molecule has 0 bridgehead atoms. The molecule has 74 valence electrons. The molecule has 2 rings (SSSR count). The van der Waals surface area contributed by atoms with E-state index in [0.717, 1.165) is 14.8 Å². The van der Waals surface area contributed by atoms with Crippen molar-refractivity contribution in [3.05, 3.63) is 21.8 Å². The van der Waals surface area contributed by atoms with Crippen LogP contribution in [0, 0.1) is 6.92 Å². The molecule has 2 heterocycles. The van der Waals surface area contributed by atoms with E-state index in [1.165, 1.54) is 11.3 Å². The Labute approximate surface area is 92.7 Å². The Kier molecular flexibility index (Phi) is 2.78. The van der Waals surface area contributed by atoms with E-state index in [1.807, 2.05) is 6.92 Å². The number of nitrogens with zero attached hydrogens (tertiary/aromatic N) is 3. The smallest absolute Gasteiger partial charge is 0.206 e. The molecule has 1 N–H and O–H groups in total. The largest absolute Gasteiger partial charge is 0.444 e. The van der Waals surface area contributed by atoms with Crippen LogP contribution < -0.4 is 5.32 Å². The summed E-state index contributed by atoms with van der Waals surface area (Å²) in [7, 11) is 0. The van der Waals surface area contributed by atoms with Gasteiger partial charge in [-0.3, -0.25) is 0 Å². The van der Waals surface area contributed by atoms with E-state index in [4.69, 9.17) is 4.42 Å². The number of anilines is 1. The Morgan fingerprint density at radius 2 is 2.43 bits per heavy atom. The normalized spacial score (nSPS) is 10.4. The van der Waals surface area contributed by atoms with Crippen LogP contribution in [0.3, 0.4) is 0 Å². The average Bonchev–Trinajstić information content (AvgIpc) is 2.72. The zero-order valence-electron chi connectivity index (χ0n) is 7.32. The number of nitrogens with one attached hydrogen (secondary N) is 1. The predicted molar refractivity (Wildman–Crippen MR) is 56.2 cm³/mol. The van der Waals surface area contributed by atoms with Crippen molar-refractivity contribution in [2.75, 3.05) is 5.32 Å². The lowest BCUT2D eigenvalue weighted by atomic mass is 10.5. The Morgan fingerprint density at radius 3 is 3.00 bits per heavy atom. The lowest BCUT2D eigenvalue weighted by Crippen LogP contribution is -1.97. The van der Waals surface area contributed by atoms with Gasteiger partial charge in [0, 0.05) is 6.92 Å². The molecular weight excluding hydrogens is 268 g/mol. The minimum atomic E-state index is 0.572. The molecule has 0 aliphatic carbocycles. The lowest BCUT2D eigenvalue weighted by Gasteiger charge is -1.96. The highest BCUT2D eigenvalue weighted by molar-refractivity contribution is 9.11. The second kappa shape index (κ2) is 4.05. The molecule has 0 aromatic carbocycles. The fourth-order valence-corrected chi connectivity index (χ4v) is 1.93. The van der Waals surface area contributed by atoms with E-state index in [1.54, 1.807) is 6.20 Å². The Bertz CT molecular complexity index is 387. The summed E-state index contributed by atoms with van der Waals surface area (Å²) < 4.78 is 6.04. The van der Waals surface area contributed by atoms with Crippen LogP contribution >= 0.6 is 27.3 Å². The van der Waals surface area contributed by atoms with E-state index in [0.29, 0.717) is 12.4 Å². The highest BCUT2D eigenvalue weighted by Gasteiger charge is 2.03. The molecule has 0 amide bonds. The van der Waals surface area contributed by atoms with Crippen LogP contribution in [0.1, 0.15) is 11.7 Å². The van der Waals surface area contributed by atoms with Gasteiger partial charge in [-0.2, -0.15) is 0 Å². The number of hydrogen-bond donors (Lipinski definition) is 1. The third-order valence-corrected chi connectivity index (χ3v) is 2.80. The molecule has 0 fully saturated rings. The Hall–Kier alpha value is -0.950. The number of rotatable bonds is 3. The number of oxazole rings is 1. The van der Waals surface area contributed by atoms with Crippen molar-refractivity contribution in [2.45, 2.75) is 13.5 Å². The fraction of sp³-hybridized carbons (Fsp3) is 0.286. The minimum absolute atomic E-state index is 0.572. The van der Waals surface area contributed by atoms with Crippen molar-refractivity contribution in [1.82, 2.24) is 15.2 Å². The van der Waals surface area contributed by atoms with Gasteiger partial charge in [0.1, 0.15) is 5.76 Å². The standard InChI is InChI=1S/C7H7BrN4OS/c1-4-9-2-5(13-4)3-10-7-12-11-6(8)14-7/h2H,3H2,1H3,(H,10,12). The van der Waals surface area contributed by atoms with Gasteiger partial charge in [-0.1, -0.05) is 11.3 Å². The van der Waals surface area contributed by atoms with Crippen LogP contribution in [0.25, 0.3) is 0 Å². The summed E-state index contributed by atoms with van der Waals surface area (Å²) in [5.74, 6) is 1.45. The topological polar surface area (TPSA) is 63.8 Å². The van der Waals surface area contributed by atoms with Gasteiger partial charge in [-0.15, -0.1) is 10.2 Å². The van der Waals surface area contributed by atoms with Gasteiger partial charge in [-0.05, 0) is 15.9 Å². The molecule has 0 radical (unpaired) electrons. The van der Waals surface area contributed by atoms with E-state index < -0.39 is 0 Å². The van der Waals surface area contributed by atoms with Gasteiger partial charge in [0.25, 0.3) is 0 Å². The number of aromatic nitrogens is 3. The van der Waals surface area contributed by atoms with E-state index in [2.05, 4.69) is 36.4 Å². The molecule has 0 saturated carbocycles. The maximum atomic E-state index is 5.28. The number of halogens is 1. The van der Waals surface area contributed by atoms with Crippen molar-refractivity contribution in [2.24, 2.45) is 0 Å². The Morgan fingerprint density at radius 1 is 1.57 bits per heavy atom. The minimum Gasteiger partial charge on any atom is -0.444 e. The van der Waals surface area contributed by atoms with Gasteiger partial charge in [-0.25, -0.2) is 4.98 Å². The van der Waals surface area contributed by atoms with Crippen LogP contribution in [0.4, 0.5) is 5.13 Å². The highest BCUT2D eigenvalue weighted by atomic mass is 79.9. The molecule has 0 aliphatic heterocycles. The predicted octanol–water partition coefficient (Wildman–Crippen LogP) is 2.21. The van der Waals surface area contributed by atoms with Crippen molar-refractivity contribution >= 4 is 32.4 Å². The summed E-state index contributed by atoms with van der Waals surface area (Å²) in [4.78, 5) is 3.99. The lowest BCUT2D eigenvalue weighted by molar-refractivity contribution is 0.481. The summed E-state index contributed by atoms with van der Waals surface area (Å²) in [5, 5.41) is 11.5. The van der Waals surface area contributed by atoms with Gasteiger partial charge in [0.2, 0.25) is 5.13 Å². The molecule has 14 heavy (non-hydrogen) atoms. The SMILES string of the molecule is Cc1ncc(CNc2nnc(Br)s2)o1. The van der Waals surface area contributed by atoms with Crippen LogP contribution in [0.5, 0.6) is 0 Å². The van der Waals surface area contributed by atoms with Crippen LogP contribution in [0.2, 0.25) is 0 Å². The average molecular weight is 275 g/mol. The maximum absolute atomic E-state index is 5.28. The summed E-state index contributed by atoms with van der Waals surface area (Å²) in [5.41, 5.74) is 0. The van der Waals surface area contributed by atoms with Crippen molar-refractivity contribution in [3.8, 4) is 0 Å². The maximum Gasteiger partial charge on any atom is 0.206 e. The fourth-order valence-electron chi connectivity index (χ4n) is 0.927. The van der Waals surface area contributed by atoms with Crippen LogP contribution in [0.15, 0.2) is 14.5 Å². The summed E-state index contributed by atoms with van der Waals surface area (Å²) >= 11 is 4.67. The first-order valence-corrected chi connectivity index (χ1v) is 5.49. The van der Waals surface area contributed by atoms with E-state index in [9.17, 15) is 0 Å². The second-order valence-corrected chi connectivity index (χ2v) is 4.81. The zero-order chi connectivity index (χ0) is 9.97. The molecule has 2 aromatic heterocycles. The molecule has 0 spiro atoms. The molecular formula is C7H7BrN4OS. The number of hydrogen-bond acceptors (Lipinski definition) is 6. The van der Waals surface area contributed by atoms with E-state index >= 15 is 0 Å². The quantitative estimate of drug-likeness (QED) is 0.930. The summed E-state index contributed by atoms with van der Waals surface area (Å²) in [6, 6.07) is 0. The second-order valence-electron chi connectivity index (χ2n) is 2.56. The monoisotopic (exact) mass is 274 g/mol. The molecule has 0 saturated heterocycles. The van der Waals surface area contributed by atoms with E-state index in [-0.39, 0.29) is 0 Å². The van der Waals surface area contributed by atoms with Gasteiger partial charge in [0.05, 0.1) is 12.7 Å². The number of aryl methyl sites for hydroxylation is 1. The van der Waals surface area contributed by atoms with Crippen molar-refractivity contribution in [1.29, 1.82) is 0 Å². The zero-order valence-corrected chi connectivity index (χ0v) is 9.72. The summed E-state index contributed by atoms with van der Waals surface area (Å²) in [6.45, 7) is 2.38. The Balaban J connectivity index is 1.94. The molecule has 0 atom stereocenters. The van der Waals surface area contributed by atoms with Gasteiger partial charge >= 0.3 is 0 Å². The van der Waals surface area contributed by atoms with Crippen LogP contribution in [-0.2, 0) is 6.54 Å². The van der Waals surface area contributed by atoms with Crippen molar-refractivity contribution in [3.63, 3.8) is 0 Å². The molecule has 7 heteroatoms. The molecule has 2 aromatic rings. The summed E-state index contributed by atoms with van der Waals surface area (Å²) in [6.07, 6.45) is 1.69. The first-order valence-electron chi connectivity index (χ1n) is 3.88. The van der Waals surface area contributed by atoms with Gasteiger partial charge < -0.3 is 9.73 Å². The first kappa shape index (κ1) is 9.60. The van der Waals surface area contributed by atoms with Gasteiger partial charge in [0.15, 0.2) is 9.81 Å².